The van der Waals surface area contributed by atoms with Crippen LogP contribution in [0.25, 0.3) is 10.9 Å². The molecule has 2 aromatic carbocycles. The maximum atomic E-state index is 15.1. The number of hydrogen-bond acceptors (Lipinski definition) is 8. The molecule has 2 N–H and O–H groups in total. The van der Waals surface area contributed by atoms with Gasteiger partial charge in [-0.2, -0.15) is 0 Å². The molecule has 2 atom stereocenters. The molecule has 1 saturated carbocycles. The van der Waals surface area contributed by atoms with Gasteiger partial charge in [-0.1, -0.05) is 19.0 Å². The van der Waals surface area contributed by atoms with Gasteiger partial charge in [-0.05, 0) is 36.6 Å². The number of fused-ring (bicyclic) bond motifs is 1. The molecule has 0 aliphatic heterocycles. The molecule has 2 amide bonds. The van der Waals surface area contributed by atoms with Crippen LogP contribution in [0.3, 0.4) is 0 Å². The van der Waals surface area contributed by atoms with Crippen molar-refractivity contribution in [2.24, 2.45) is 17.3 Å². The number of nitrogens with zero attached hydrogens (tertiary/aromatic N) is 2. The van der Waals surface area contributed by atoms with E-state index in [0.717, 1.165) is 0 Å². The van der Waals surface area contributed by atoms with Gasteiger partial charge in [-0.15, -0.1) is 0 Å². The quantitative estimate of drug-likeness (QED) is 0.311. The van der Waals surface area contributed by atoms with Crippen LogP contribution in [-0.2, 0) is 9.59 Å². The van der Waals surface area contributed by atoms with E-state index >= 15 is 4.39 Å². The Balaban J connectivity index is 1.29. The Kier molecular flexibility index (Phi) is 6.59. The summed E-state index contributed by atoms with van der Waals surface area (Å²) in [6.45, 7) is 5.37. The highest BCUT2D eigenvalue weighted by molar-refractivity contribution is 6.04. The molecule has 202 valence electrons. The van der Waals surface area contributed by atoms with Gasteiger partial charge >= 0.3 is 0 Å². The summed E-state index contributed by atoms with van der Waals surface area (Å²) < 4.78 is 36.6. The Labute approximate surface area is 223 Å². The predicted molar refractivity (Wildman–Crippen MR) is 141 cm³/mol. The topological polar surface area (TPSA) is 125 Å². The lowest BCUT2D eigenvalue weighted by molar-refractivity contribution is -0.122. The molecule has 1 aliphatic rings. The van der Waals surface area contributed by atoms with Gasteiger partial charge in [0.25, 0.3) is 0 Å². The third-order valence-electron chi connectivity index (χ3n) is 6.90. The predicted octanol–water partition coefficient (Wildman–Crippen LogP) is 5.33. The van der Waals surface area contributed by atoms with Gasteiger partial charge in [0.15, 0.2) is 28.9 Å². The fourth-order valence-electron chi connectivity index (χ4n) is 4.78. The van der Waals surface area contributed by atoms with Crippen molar-refractivity contribution in [2.75, 3.05) is 24.9 Å². The van der Waals surface area contributed by atoms with Crippen molar-refractivity contribution in [3.8, 4) is 23.0 Å². The monoisotopic (exact) mass is 534 g/mol. The smallest absolute Gasteiger partial charge is 0.230 e. The third kappa shape index (κ3) is 4.95. The lowest BCUT2D eigenvalue weighted by atomic mass is 10.1. The zero-order valence-electron chi connectivity index (χ0n) is 22.0. The van der Waals surface area contributed by atoms with Crippen LogP contribution in [0.5, 0.6) is 23.0 Å². The lowest BCUT2D eigenvalue weighted by Gasteiger charge is -2.13. The van der Waals surface area contributed by atoms with Crippen LogP contribution in [0.2, 0.25) is 0 Å². The van der Waals surface area contributed by atoms with E-state index in [1.54, 1.807) is 37.4 Å². The van der Waals surface area contributed by atoms with E-state index in [2.05, 4.69) is 20.8 Å². The number of benzene rings is 2. The molecule has 2 heterocycles. The molecule has 4 aromatic rings. The van der Waals surface area contributed by atoms with Crippen LogP contribution in [-0.4, -0.2) is 36.2 Å². The second kappa shape index (κ2) is 9.90. The van der Waals surface area contributed by atoms with Crippen molar-refractivity contribution >= 4 is 34.2 Å². The van der Waals surface area contributed by atoms with E-state index in [1.165, 1.54) is 32.4 Å². The highest BCUT2D eigenvalue weighted by Crippen LogP contribution is 2.59. The minimum Gasteiger partial charge on any atom is -0.493 e. The molecule has 0 unspecified atom stereocenters. The molecule has 1 aliphatic carbocycles. The van der Waals surface area contributed by atoms with Crippen LogP contribution in [0.4, 0.5) is 15.9 Å². The standard InChI is InChI=1S/C28H27FN4O6/c1-14-10-23(33-39-14)32-27(35)25-24(28(25,2)3)26(34)31-15-6-7-20(17(29)11-15)38-19-8-9-30-18-13-22(37-5)21(36-4)12-16(18)19/h6-13,24-25H,1-5H3,(H,31,34)(H,32,33,35)/t24-,25+/m1/s1. The van der Waals surface area contributed by atoms with E-state index in [9.17, 15) is 9.59 Å². The number of hydrogen-bond donors (Lipinski definition) is 2. The van der Waals surface area contributed by atoms with E-state index < -0.39 is 23.1 Å². The number of amides is 2. The molecule has 0 radical (unpaired) electrons. The number of aromatic nitrogens is 2. The summed E-state index contributed by atoms with van der Waals surface area (Å²) in [7, 11) is 3.04. The zero-order valence-corrected chi connectivity index (χ0v) is 22.0. The Bertz CT molecular complexity index is 1580. The van der Waals surface area contributed by atoms with Crippen molar-refractivity contribution in [2.45, 2.75) is 20.8 Å². The number of ether oxygens (including phenoxy) is 3. The highest BCUT2D eigenvalue weighted by Gasteiger charge is 2.65. The average Bonchev–Trinajstić information content (AvgIpc) is 3.26. The summed E-state index contributed by atoms with van der Waals surface area (Å²) in [5.41, 5.74) is 0.240. The summed E-state index contributed by atoms with van der Waals surface area (Å²) in [6.07, 6.45) is 1.55. The Morgan fingerprint density at radius 2 is 1.62 bits per heavy atom. The number of rotatable bonds is 8. The number of aryl methyl sites for hydroxylation is 1. The van der Waals surface area contributed by atoms with Crippen LogP contribution in [0.15, 0.2) is 53.2 Å². The largest absolute Gasteiger partial charge is 0.493 e. The van der Waals surface area contributed by atoms with Crippen molar-refractivity contribution in [3.05, 3.63) is 60.2 Å². The van der Waals surface area contributed by atoms with Crippen LogP contribution < -0.4 is 24.8 Å². The molecule has 1 fully saturated rings. The highest BCUT2D eigenvalue weighted by atomic mass is 19.1. The minimum atomic E-state index is -0.677. The first kappa shape index (κ1) is 26.0. The van der Waals surface area contributed by atoms with Gasteiger partial charge in [0.05, 0.1) is 31.6 Å². The minimum absolute atomic E-state index is 0.0396. The van der Waals surface area contributed by atoms with E-state index in [1.807, 2.05) is 13.8 Å². The summed E-state index contributed by atoms with van der Waals surface area (Å²) in [5, 5.41) is 9.75. The first-order chi connectivity index (χ1) is 18.6. The van der Waals surface area contributed by atoms with Gasteiger partial charge < -0.3 is 29.4 Å². The van der Waals surface area contributed by atoms with Gasteiger partial charge in [0, 0.05) is 35.5 Å². The number of methoxy groups -OCH3 is 2. The number of halogens is 1. The molecule has 10 nitrogen and oxygen atoms in total. The number of carbonyl (C=O) groups is 2. The number of nitrogens with one attached hydrogen (secondary N) is 2. The fraction of sp³-hybridized carbons (Fsp3) is 0.286. The first-order valence-corrected chi connectivity index (χ1v) is 12.2. The van der Waals surface area contributed by atoms with E-state index in [-0.39, 0.29) is 29.1 Å². The molecule has 2 aromatic heterocycles. The van der Waals surface area contributed by atoms with Crippen LogP contribution in [0.1, 0.15) is 19.6 Å². The number of pyridine rings is 1. The van der Waals surface area contributed by atoms with Crippen LogP contribution in [0, 0.1) is 30.0 Å². The van der Waals surface area contributed by atoms with Gasteiger partial charge in [0.1, 0.15) is 11.5 Å². The van der Waals surface area contributed by atoms with E-state index in [0.29, 0.717) is 33.9 Å². The molecule has 5 rings (SSSR count). The molecular formula is C28H27FN4O6. The maximum Gasteiger partial charge on any atom is 0.230 e. The normalized spacial score (nSPS) is 17.4. The fourth-order valence-corrected chi connectivity index (χ4v) is 4.78. The average molecular weight is 535 g/mol. The van der Waals surface area contributed by atoms with Gasteiger partial charge in [0.2, 0.25) is 11.8 Å². The summed E-state index contributed by atoms with van der Waals surface area (Å²) in [5.74, 6) is -0.401. The second-order valence-corrected chi connectivity index (χ2v) is 9.86. The Hall–Kier alpha value is -4.67. The van der Waals surface area contributed by atoms with Crippen molar-refractivity contribution in [1.29, 1.82) is 0 Å². The Morgan fingerprint density at radius 3 is 2.26 bits per heavy atom. The summed E-state index contributed by atoms with van der Waals surface area (Å²) in [4.78, 5) is 30.1. The summed E-state index contributed by atoms with van der Waals surface area (Å²) in [6, 6.07) is 10.7. The number of anilines is 2. The van der Waals surface area contributed by atoms with Gasteiger partial charge in [-0.3, -0.25) is 14.6 Å². The third-order valence-corrected chi connectivity index (χ3v) is 6.90. The molecule has 0 saturated heterocycles. The molecule has 11 heteroatoms. The zero-order chi connectivity index (χ0) is 27.9. The maximum absolute atomic E-state index is 15.1. The first-order valence-electron chi connectivity index (χ1n) is 12.2. The lowest BCUT2D eigenvalue weighted by Crippen LogP contribution is -2.20. The molecule has 0 bridgehead atoms. The van der Waals surface area contributed by atoms with Crippen molar-refractivity contribution < 1.29 is 32.7 Å². The van der Waals surface area contributed by atoms with E-state index in [4.69, 9.17) is 18.7 Å². The number of carbonyl (C=O) groups excluding carboxylic acids is 2. The van der Waals surface area contributed by atoms with Crippen LogP contribution >= 0.6 is 0 Å². The summed E-state index contributed by atoms with van der Waals surface area (Å²) >= 11 is 0. The Morgan fingerprint density at radius 1 is 0.923 bits per heavy atom. The molecule has 39 heavy (non-hydrogen) atoms. The van der Waals surface area contributed by atoms with Gasteiger partial charge in [-0.25, -0.2) is 4.39 Å². The molecule has 0 spiro atoms. The molecular weight excluding hydrogens is 507 g/mol. The SMILES string of the molecule is COc1cc2nccc(Oc3ccc(NC(=O)[C@H]4[C@@H](C(=O)Nc5cc(C)on5)C4(C)C)cc3F)c2cc1OC. The van der Waals surface area contributed by atoms with Crippen molar-refractivity contribution in [1.82, 2.24) is 10.1 Å². The second-order valence-electron chi connectivity index (χ2n) is 9.86. The van der Waals surface area contributed by atoms with Crippen molar-refractivity contribution in [3.63, 3.8) is 0 Å².